The number of hydrogen-bond acceptors (Lipinski definition) is 3. The molecule has 1 saturated heterocycles. The molecule has 0 saturated carbocycles. The van der Waals surface area contributed by atoms with Gasteiger partial charge in [-0.25, -0.2) is 0 Å². The highest BCUT2D eigenvalue weighted by Gasteiger charge is 2.25. The average Bonchev–Trinajstić information content (AvgIpc) is 3.32. The minimum absolute atomic E-state index is 0.324. The molecule has 0 bridgehead atoms. The molecule has 1 fully saturated rings. The summed E-state index contributed by atoms with van der Waals surface area (Å²) in [6.07, 6.45) is 0.324. The maximum absolute atomic E-state index is 5.75. The van der Waals surface area contributed by atoms with Gasteiger partial charge in [0.1, 0.15) is 18.5 Å². The van der Waals surface area contributed by atoms with Gasteiger partial charge in [-0.05, 0) is 41.4 Å². The van der Waals surface area contributed by atoms with Crippen molar-refractivity contribution >= 4 is 0 Å². The van der Waals surface area contributed by atoms with E-state index in [2.05, 4.69) is 58.9 Å². The fraction of sp³-hybridized carbons (Fsp3) is 0.700. The van der Waals surface area contributed by atoms with E-state index in [1.165, 1.54) is 5.56 Å². The molecular weight excluding hydrogens is 288 g/mol. The van der Waals surface area contributed by atoms with Gasteiger partial charge in [-0.15, -0.1) is 0 Å². The minimum Gasteiger partial charge on any atom is -0.491 e. The summed E-state index contributed by atoms with van der Waals surface area (Å²) in [7, 11) is 0. The van der Waals surface area contributed by atoms with Crippen LogP contribution in [0.5, 0.6) is 5.75 Å². The molecule has 1 heterocycles. The third-order valence-corrected chi connectivity index (χ3v) is 4.80. The lowest BCUT2D eigenvalue weighted by atomic mass is 9.74. The zero-order valence-electron chi connectivity index (χ0n) is 15.2. The largest absolute Gasteiger partial charge is 0.491 e. The second kappa shape index (κ2) is 8.70. The van der Waals surface area contributed by atoms with Crippen LogP contribution in [0.3, 0.4) is 0 Å². The molecule has 0 amide bonds. The van der Waals surface area contributed by atoms with Crippen molar-refractivity contribution in [3.63, 3.8) is 0 Å². The molecule has 2 rings (SSSR count). The molecule has 1 aliphatic rings. The Bertz CT molecular complexity index is 448. The van der Waals surface area contributed by atoms with Gasteiger partial charge in [0.25, 0.3) is 0 Å². The lowest BCUT2D eigenvalue weighted by molar-refractivity contribution is 0.0878. The molecule has 1 aliphatic heterocycles. The van der Waals surface area contributed by atoms with E-state index in [-0.39, 0.29) is 0 Å². The van der Waals surface area contributed by atoms with Gasteiger partial charge in [-0.3, -0.25) is 0 Å². The number of hydrogen-bond donors (Lipinski definition) is 0. The standard InChI is InChI=1S/C20H32O3/c1-14(2)16(5)20(15(3)4)17-6-8-18(9-7-17)22-11-10-21-12-19-13-23-19/h6-9,14-16,19-20H,10-13H2,1-5H3. The van der Waals surface area contributed by atoms with Crippen LogP contribution in [0.25, 0.3) is 0 Å². The third kappa shape index (κ3) is 5.82. The van der Waals surface area contributed by atoms with Crippen molar-refractivity contribution < 1.29 is 14.2 Å². The maximum atomic E-state index is 5.75. The zero-order valence-corrected chi connectivity index (χ0v) is 15.2. The second-order valence-corrected chi connectivity index (χ2v) is 7.32. The van der Waals surface area contributed by atoms with Crippen LogP contribution in [0.2, 0.25) is 0 Å². The molecule has 0 aliphatic carbocycles. The molecular formula is C20H32O3. The fourth-order valence-electron chi connectivity index (χ4n) is 3.09. The predicted octanol–water partition coefficient (Wildman–Crippen LogP) is 4.51. The van der Waals surface area contributed by atoms with E-state index in [1.807, 2.05) is 0 Å². The number of ether oxygens (including phenoxy) is 3. The fourth-order valence-corrected chi connectivity index (χ4v) is 3.09. The smallest absolute Gasteiger partial charge is 0.119 e. The predicted molar refractivity (Wildman–Crippen MR) is 94.1 cm³/mol. The monoisotopic (exact) mass is 320 g/mol. The van der Waals surface area contributed by atoms with Crippen molar-refractivity contribution in [2.45, 2.75) is 46.6 Å². The van der Waals surface area contributed by atoms with E-state index < -0.39 is 0 Å². The Balaban J connectivity index is 1.83. The number of epoxide rings is 1. The molecule has 0 N–H and O–H groups in total. The van der Waals surface area contributed by atoms with Crippen LogP contribution in [0.1, 0.15) is 46.1 Å². The van der Waals surface area contributed by atoms with Crippen LogP contribution in [-0.4, -0.2) is 32.5 Å². The third-order valence-electron chi connectivity index (χ3n) is 4.80. The van der Waals surface area contributed by atoms with Gasteiger partial charge in [0.15, 0.2) is 0 Å². The number of rotatable bonds is 10. The molecule has 1 aromatic carbocycles. The van der Waals surface area contributed by atoms with Gasteiger partial charge in [0.05, 0.1) is 19.8 Å². The zero-order chi connectivity index (χ0) is 16.8. The Labute approximate surface area is 141 Å². The second-order valence-electron chi connectivity index (χ2n) is 7.32. The van der Waals surface area contributed by atoms with Crippen molar-refractivity contribution in [3.8, 4) is 5.75 Å². The lowest BCUT2D eigenvalue weighted by Gasteiger charge is -2.31. The molecule has 1 aromatic rings. The van der Waals surface area contributed by atoms with Gasteiger partial charge in [-0.1, -0.05) is 46.8 Å². The minimum atomic E-state index is 0.324. The van der Waals surface area contributed by atoms with Crippen LogP contribution in [-0.2, 0) is 9.47 Å². The van der Waals surface area contributed by atoms with Gasteiger partial charge in [0, 0.05) is 0 Å². The summed E-state index contributed by atoms with van der Waals surface area (Å²) in [5, 5.41) is 0. The Kier molecular flexibility index (Phi) is 6.91. The van der Waals surface area contributed by atoms with Crippen molar-refractivity contribution in [3.05, 3.63) is 29.8 Å². The average molecular weight is 320 g/mol. The maximum Gasteiger partial charge on any atom is 0.119 e. The molecule has 3 atom stereocenters. The van der Waals surface area contributed by atoms with Crippen LogP contribution >= 0.6 is 0 Å². The Morgan fingerprint density at radius 1 is 1.00 bits per heavy atom. The van der Waals surface area contributed by atoms with Gasteiger partial charge in [-0.2, -0.15) is 0 Å². The highest BCUT2D eigenvalue weighted by molar-refractivity contribution is 5.30. The van der Waals surface area contributed by atoms with Crippen LogP contribution in [0, 0.1) is 17.8 Å². The molecule has 0 spiro atoms. The molecule has 3 nitrogen and oxygen atoms in total. The summed E-state index contributed by atoms with van der Waals surface area (Å²) >= 11 is 0. The van der Waals surface area contributed by atoms with E-state index >= 15 is 0 Å². The van der Waals surface area contributed by atoms with Crippen LogP contribution < -0.4 is 4.74 Å². The van der Waals surface area contributed by atoms with Crippen LogP contribution in [0.15, 0.2) is 24.3 Å². The lowest BCUT2D eigenvalue weighted by Crippen LogP contribution is -2.20. The molecule has 0 radical (unpaired) electrons. The Morgan fingerprint density at radius 2 is 1.65 bits per heavy atom. The van der Waals surface area contributed by atoms with Crippen molar-refractivity contribution in [1.82, 2.24) is 0 Å². The van der Waals surface area contributed by atoms with Crippen molar-refractivity contribution in [1.29, 1.82) is 0 Å². The van der Waals surface area contributed by atoms with E-state index in [0.717, 1.165) is 12.4 Å². The topological polar surface area (TPSA) is 31.0 Å². The van der Waals surface area contributed by atoms with Gasteiger partial charge >= 0.3 is 0 Å². The van der Waals surface area contributed by atoms with E-state index in [0.29, 0.717) is 49.6 Å². The van der Waals surface area contributed by atoms with Gasteiger partial charge in [0.2, 0.25) is 0 Å². The van der Waals surface area contributed by atoms with E-state index in [4.69, 9.17) is 14.2 Å². The summed E-state index contributed by atoms with van der Waals surface area (Å²) in [6, 6.07) is 8.61. The first-order valence-corrected chi connectivity index (χ1v) is 8.91. The molecule has 130 valence electrons. The normalized spacial score (nSPS) is 19.9. The Hall–Kier alpha value is -1.06. The van der Waals surface area contributed by atoms with Crippen LogP contribution in [0.4, 0.5) is 0 Å². The molecule has 23 heavy (non-hydrogen) atoms. The molecule has 3 heteroatoms. The highest BCUT2D eigenvalue weighted by atomic mass is 16.6. The van der Waals surface area contributed by atoms with Gasteiger partial charge < -0.3 is 14.2 Å². The first-order chi connectivity index (χ1) is 11.0. The summed E-state index contributed by atoms with van der Waals surface area (Å²) < 4.78 is 16.3. The summed E-state index contributed by atoms with van der Waals surface area (Å²) in [5.74, 6) is 3.49. The Morgan fingerprint density at radius 3 is 2.17 bits per heavy atom. The van der Waals surface area contributed by atoms with E-state index in [1.54, 1.807) is 0 Å². The summed E-state index contributed by atoms with van der Waals surface area (Å²) in [4.78, 5) is 0. The molecule has 0 aromatic heterocycles. The van der Waals surface area contributed by atoms with Crippen molar-refractivity contribution in [2.75, 3.05) is 26.4 Å². The van der Waals surface area contributed by atoms with E-state index in [9.17, 15) is 0 Å². The first kappa shape index (κ1) is 18.3. The quantitative estimate of drug-likeness (QED) is 0.469. The summed E-state index contributed by atoms with van der Waals surface area (Å²) in [5.41, 5.74) is 1.41. The number of benzene rings is 1. The summed E-state index contributed by atoms with van der Waals surface area (Å²) in [6.45, 7) is 14.3. The highest BCUT2D eigenvalue weighted by Crippen LogP contribution is 2.36. The first-order valence-electron chi connectivity index (χ1n) is 8.91. The van der Waals surface area contributed by atoms with Crippen molar-refractivity contribution in [2.24, 2.45) is 17.8 Å². The SMILES string of the molecule is CC(C)C(C)C(c1ccc(OCCOCC2CO2)cc1)C(C)C. The molecule has 3 unspecified atom stereocenters.